The number of rotatable bonds is 3. The van der Waals surface area contributed by atoms with E-state index in [1.807, 2.05) is 45.9 Å². The van der Waals surface area contributed by atoms with E-state index in [-0.39, 0.29) is 5.97 Å². The molecule has 0 aliphatic heterocycles. The van der Waals surface area contributed by atoms with E-state index in [1.54, 1.807) is 6.07 Å². The van der Waals surface area contributed by atoms with Crippen LogP contribution in [0.25, 0.3) is 11.1 Å². The van der Waals surface area contributed by atoms with E-state index in [9.17, 15) is 4.79 Å². The molecular weight excluding hydrogens is 250 g/mol. The summed E-state index contributed by atoms with van der Waals surface area (Å²) in [7, 11) is 0. The summed E-state index contributed by atoms with van der Waals surface area (Å²) in [6.45, 7) is 8.09. The van der Waals surface area contributed by atoms with Crippen molar-refractivity contribution in [3.8, 4) is 11.1 Å². The first kappa shape index (κ1) is 14.3. The number of aryl methyl sites for hydroxylation is 2. The molecule has 0 fully saturated rings. The molecule has 0 spiro atoms. The highest BCUT2D eigenvalue weighted by atomic mass is 16.5. The summed E-state index contributed by atoms with van der Waals surface area (Å²) in [6.07, 6.45) is 0. The van der Waals surface area contributed by atoms with Gasteiger partial charge in [0.2, 0.25) is 0 Å². The quantitative estimate of drug-likeness (QED) is 0.794. The minimum atomic E-state index is -0.274. The van der Waals surface area contributed by atoms with Crippen LogP contribution in [0.4, 0.5) is 0 Å². The van der Waals surface area contributed by atoms with Crippen LogP contribution >= 0.6 is 0 Å². The van der Waals surface area contributed by atoms with Gasteiger partial charge in [-0.05, 0) is 51.0 Å². The average molecular weight is 269 g/mol. The third-order valence-corrected chi connectivity index (χ3v) is 3.34. The van der Waals surface area contributed by atoms with Gasteiger partial charge >= 0.3 is 5.97 Å². The summed E-state index contributed by atoms with van der Waals surface area (Å²) in [5.41, 5.74) is 5.59. The molecule has 1 aromatic heterocycles. The van der Waals surface area contributed by atoms with Crippen LogP contribution in [0.5, 0.6) is 0 Å². The van der Waals surface area contributed by atoms with Gasteiger partial charge in [-0.3, -0.25) is 4.98 Å². The zero-order valence-electron chi connectivity index (χ0n) is 12.4. The summed E-state index contributed by atoms with van der Waals surface area (Å²) >= 11 is 0. The predicted molar refractivity (Wildman–Crippen MR) is 79.8 cm³/mol. The number of carbonyl (C=O) groups excluding carboxylic acids is 1. The lowest BCUT2D eigenvalue weighted by Crippen LogP contribution is -2.07. The van der Waals surface area contributed by atoms with Crippen molar-refractivity contribution in [2.45, 2.75) is 27.7 Å². The Morgan fingerprint density at radius 2 is 1.85 bits per heavy atom. The van der Waals surface area contributed by atoms with Gasteiger partial charge in [-0.15, -0.1) is 0 Å². The van der Waals surface area contributed by atoms with Crippen molar-refractivity contribution in [2.24, 2.45) is 0 Å². The van der Waals surface area contributed by atoms with Gasteiger partial charge in [-0.2, -0.15) is 0 Å². The number of ether oxygens (including phenoxy) is 1. The second-order valence-corrected chi connectivity index (χ2v) is 4.78. The summed E-state index contributed by atoms with van der Waals surface area (Å²) in [5, 5.41) is 0. The largest absolute Gasteiger partial charge is 0.462 e. The standard InChI is InChI=1S/C17H19NO2/c1-5-20-17(19)15-8-6-7-14(12(15)3)16-10-9-11(2)18-13(16)4/h6-10H,5H2,1-4H3. The first-order valence-electron chi connectivity index (χ1n) is 6.76. The minimum absolute atomic E-state index is 0.274. The van der Waals surface area contributed by atoms with Gasteiger partial charge in [0.05, 0.1) is 12.2 Å². The molecule has 2 rings (SSSR count). The van der Waals surface area contributed by atoms with Crippen LogP contribution in [0.3, 0.4) is 0 Å². The maximum atomic E-state index is 12.0. The van der Waals surface area contributed by atoms with E-state index in [4.69, 9.17) is 4.74 Å². The zero-order chi connectivity index (χ0) is 14.7. The van der Waals surface area contributed by atoms with Gasteiger partial charge < -0.3 is 4.74 Å². The summed E-state index contributed by atoms with van der Waals surface area (Å²) in [4.78, 5) is 16.4. The maximum Gasteiger partial charge on any atom is 0.338 e. The van der Waals surface area contributed by atoms with E-state index < -0.39 is 0 Å². The molecule has 0 atom stereocenters. The molecule has 0 bridgehead atoms. The Kier molecular flexibility index (Phi) is 4.18. The van der Waals surface area contributed by atoms with Crippen molar-refractivity contribution >= 4 is 5.97 Å². The lowest BCUT2D eigenvalue weighted by atomic mass is 9.95. The Morgan fingerprint density at radius 1 is 1.10 bits per heavy atom. The Bertz CT molecular complexity index is 647. The highest BCUT2D eigenvalue weighted by Crippen LogP contribution is 2.28. The van der Waals surface area contributed by atoms with Gasteiger partial charge in [0.1, 0.15) is 0 Å². The van der Waals surface area contributed by atoms with Gasteiger partial charge in [0.15, 0.2) is 0 Å². The molecule has 1 heterocycles. The molecule has 0 aliphatic carbocycles. The molecule has 3 heteroatoms. The zero-order valence-corrected chi connectivity index (χ0v) is 12.4. The molecule has 0 N–H and O–H groups in total. The first-order valence-corrected chi connectivity index (χ1v) is 6.76. The number of hydrogen-bond acceptors (Lipinski definition) is 3. The van der Waals surface area contributed by atoms with Gasteiger partial charge in [-0.1, -0.05) is 18.2 Å². The first-order chi connectivity index (χ1) is 9.54. The van der Waals surface area contributed by atoms with Crippen molar-refractivity contribution in [3.63, 3.8) is 0 Å². The van der Waals surface area contributed by atoms with Crippen molar-refractivity contribution in [2.75, 3.05) is 6.61 Å². The van der Waals surface area contributed by atoms with E-state index in [1.165, 1.54) is 0 Å². The fraction of sp³-hybridized carbons (Fsp3) is 0.294. The number of hydrogen-bond donors (Lipinski definition) is 0. The number of benzene rings is 1. The van der Waals surface area contributed by atoms with E-state index >= 15 is 0 Å². The number of aromatic nitrogens is 1. The van der Waals surface area contributed by atoms with Gasteiger partial charge in [-0.25, -0.2) is 4.79 Å². The van der Waals surface area contributed by atoms with Crippen molar-refractivity contribution < 1.29 is 9.53 Å². The van der Waals surface area contributed by atoms with Crippen LogP contribution in [-0.2, 0) is 4.74 Å². The Hall–Kier alpha value is -2.16. The normalized spacial score (nSPS) is 10.4. The molecule has 20 heavy (non-hydrogen) atoms. The summed E-state index contributed by atoms with van der Waals surface area (Å²) in [5.74, 6) is -0.274. The number of pyridine rings is 1. The smallest absolute Gasteiger partial charge is 0.338 e. The third kappa shape index (κ3) is 2.72. The van der Waals surface area contributed by atoms with Crippen LogP contribution in [-0.4, -0.2) is 17.6 Å². The monoisotopic (exact) mass is 269 g/mol. The molecule has 3 nitrogen and oxygen atoms in total. The van der Waals surface area contributed by atoms with Crippen molar-refractivity contribution in [1.82, 2.24) is 4.98 Å². The van der Waals surface area contributed by atoms with E-state index in [0.717, 1.165) is 28.1 Å². The number of esters is 1. The van der Waals surface area contributed by atoms with Crippen molar-refractivity contribution in [3.05, 3.63) is 52.8 Å². The van der Waals surface area contributed by atoms with Gasteiger partial charge in [0, 0.05) is 17.0 Å². The van der Waals surface area contributed by atoms with Gasteiger partial charge in [0.25, 0.3) is 0 Å². The molecule has 0 saturated carbocycles. The van der Waals surface area contributed by atoms with Crippen LogP contribution in [0, 0.1) is 20.8 Å². The number of nitrogens with zero attached hydrogens (tertiary/aromatic N) is 1. The molecule has 1 aromatic carbocycles. The lowest BCUT2D eigenvalue weighted by molar-refractivity contribution is 0.0525. The van der Waals surface area contributed by atoms with Crippen LogP contribution in [0.1, 0.15) is 34.2 Å². The highest BCUT2D eigenvalue weighted by molar-refractivity contribution is 5.93. The van der Waals surface area contributed by atoms with E-state index in [0.29, 0.717) is 12.2 Å². The molecule has 0 amide bonds. The predicted octanol–water partition coefficient (Wildman–Crippen LogP) is 3.85. The molecule has 0 aliphatic rings. The Balaban J connectivity index is 2.53. The minimum Gasteiger partial charge on any atom is -0.462 e. The van der Waals surface area contributed by atoms with Crippen molar-refractivity contribution in [1.29, 1.82) is 0 Å². The number of carbonyl (C=O) groups is 1. The average Bonchev–Trinajstić information content (AvgIpc) is 2.40. The maximum absolute atomic E-state index is 12.0. The second-order valence-electron chi connectivity index (χ2n) is 4.78. The van der Waals surface area contributed by atoms with E-state index in [2.05, 4.69) is 11.1 Å². The fourth-order valence-electron chi connectivity index (χ4n) is 2.33. The Morgan fingerprint density at radius 3 is 2.50 bits per heavy atom. The lowest BCUT2D eigenvalue weighted by Gasteiger charge is -2.12. The second kappa shape index (κ2) is 5.87. The summed E-state index contributed by atoms with van der Waals surface area (Å²) in [6, 6.07) is 9.73. The fourth-order valence-corrected chi connectivity index (χ4v) is 2.33. The van der Waals surface area contributed by atoms with Crippen LogP contribution in [0.2, 0.25) is 0 Å². The SMILES string of the molecule is CCOC(=O)c1cccc(-c2ccc(C)nc2C)c1C. The van der Waals surface area contributed by atoms with Crippen LogP contribution in [0.15, 0.2) is 30.3 Å². The molecule has 0 saturated heterocycles. The molecule has 2 aromatic rings. The summed E-state index contributed by atoms with van der Waals surface area (Å²) < 4.78 is 5.09. The van der Waals surface area contributed by atoms with Crippen LogP contribution < -0.4 is 0 Å². The molecule has 0 unspecified atom stereocenters. The Labute approximate surface area is 119 Å². The topological polar surface area (TPSA) is 39.2 Å². The highest BCUT2D eigenvalue weighted by Gasteiger charge is 2.14. The third-order valence-electron chi connectivity index (χ3n) is 3.34. The molecular formula is C17H19NO2. The molecule has 104 valence electrons. The molecule has 0 radical (unpaired) electrons.